The van der Waals surface area contributed by atoms with E-state index in [1.165, 1.54) is 19.3 Å². The first-order chi connectivity index (χ1) is 11.7. The molecule has 1 N–H and O–H groups in total. The van der Waals surface area contributed by atoms with Crippen molar-refractivity contribution in [1.82, 2.24) is 5.43 Å². The van der Waals surface area contributed by atoms with Crippen LogP contribution in [0.1, 0.15) is 44.1 Å². The largest absolute Gasteiger partial charge is 0.493 e. The summed E-state index contributed by atoms with van der Waals surface area (Å²) in [5.74, 6) is 2.08. The van der Waals surface area contributed by atoms with E-state index < -0.39 is 0 Å². The maximum absolute atomic E-state index is 12.0. The third-order valence-corrected chi connectivity index (χ3v) is 4.29. The first kappa shape index (κ1) is 18.1. The van der Waals surface area contributed by atoms with Crippen molar-refractivity contribution in [3.05, 3.63) is 17.7 Å². The smallest absolute Gasteiger partial charge is 0.240 e. The molecule has 0 bridgehead atoms. The van der Waals surface area contributed by atoms with E-state index in [1.807, 2.05) is 0 Å². The van der Waals surface area contributed by atoms with Crippen LogP contribution in [0.25, 0.3) is 0 Å². The molecule has 0 aliphatic heterocycles. The Hall–Kier alpha value is -2.24. The van der Waals surface area contributed by atoms with Gasteiger partial charge in [-0.25, -0.2) is 5.43 Å². The Labute approximate surface area is 143 Å². The van der Waals surface area contributed by atoms with E-state index >= 15 is 0 Å². The zero-order valence-electron chi connectivity index (χ0n) is 14.6. The minimum atomic E-state index is -0.0365. The number of nitrogens with zero attached hydrogens (tertiary/aromatic N) is 1. The number of benzene rings is 1. The first-order valence-corrected chi connectivity index (χ1v) is 8.29. The van der Waals surface area contributed by atoms with Gasteiger partial charge in [0.05, 0.1) is 27.5 Å². The normalized spacial score (nSPS) is 15.3. The van der Waals surface area contributed by atoms with Crippen LogP contribution in [0.4, 0.5) is 0 Å². The summed E-state index contributed by atoms with van der Waals surface area (Å²) in [4.78, 5) is 12.0. The van der Waals surface area contributed by atoms with Crippen molar-refractivity contribution >= 4 is 12.1 Å². The van der Waals surface area contributed by atoms with Crippen LogP contribution in [0.3, 0.4) is 0 Å². The summed E-state index contributed by atoms with van der Waals surface area (Å²) < 4.78 is 15.9. The van der Waals surface area contributed by atoms with Gasteiger partial charge in [-0.05, 0) is 30.9 Å². The molecule has 0 atom stereocenters. The summed E-state index contributed by atoms with van der Waals surface area (Å²) in [6, 6.07) is 3.55. The molecule has 1 aromatic carbocycles. The highest BCUT2D eigenvalue weighted by Crippen LogP contribution is 2.37. The molecule has 0 heterocycles. The van der Waals surface area contributed by atoms with Gasteiger partial charge >= 0.3 is 0 Å². The number of ether oxygens (including phenoxy) is 3. The van der Waals surface area contributed by atoms with Crippen LogP contribution in [0, 0.1) is 5.92 Å². The lowest BCUT2D eigenvalue weighted by Crippen LogP contribution is -2.22. The summed E-state index contributed by atoms with van der Waals surface area (Å²) in [6.07, 6.45) is 8.15. The number of hydrazone groups is 1. The molecule has 0 spiro atoms. The third kappa shape index (κ3) is 4.88. The minimum Gasteiger partial charge on any atom is -0.493 e. The van der Waals surface area contributed by atoms with E-state index in [0.29, 0.717) is 29.6 Å². The van der Waals surface area contributed by atoms with Crippen molar-refractivity contribution in [3.8, 4) is 17.2 Å². The van der Waals surface area contributed by atoms with Crippen molar-refractivity contribution in [2.24, 2.45) is 11.0 Å². The molecule has 0 aromatic heterocycles. The van der Waals surface area contributed by atoms with Gasteiger partial charge in [-0.2, -0.15) is 5.10 Å². The van der Waals surface area contributed by atoms with E-state index in [1.54, 1.807) is 39.7 Å². The summed E-state index contributed by atoms with van der Waals surface area (Å²) in [6.45, 7) is 0. The highest BCUT2D eigenvalue weighted by atomic mass is 16.5. The van der Waals surface area contributed by atoms with Gasteiger partial charge in [-0.15, -0.1) is 0 Å². The number of carbonyl (C=O) groups is 1. The van der Waals surface area contributed by atoms with Crippen LogP contribution in [0.5, 0.6) is 17.2 Å². The predicted molar refractivity (Wildman–Crippen MR) is 93.0 cm³/mol. The molecule has 0 unspecified atom stereocenters. The van der Waals surface area contributed by atoms with E-state index in [9.17, 15) is 4.79 Å². The van der Waals surface area contributed by atoms with Crippen molar-refractivity contribution in [2.45, 2.75) is 38.5 Å². The molecule has 1 saturated carbocycles. The van der Waals surface area contributed by atoms with Crippen LogP contribution < -0.4 is 19.6 Å². The molecule has 132 valence electrons. The van der Waals surface area contributed by atoms with Gasteiger partial charge in [0, 0.05) is 12.0 Å². The zero-order chi connectivity index (χ0) is 17.4. The molecule has 1 aliphatic rings. The Balaban J connectivity index is 1.96. The predicted octanol–water partition coefficient (Wildman–Crippen LogP) is 3.13. The minimum absolute atomic E-state index is 0.0365. The first-order valence-electron chi connectivity index (χ1n) is 8.29. The van der Waals surface area contributed by atoms with Gasteiger partial charge in [0.2, 0.25) is 11.7 Å². The standard InChI is InChI=1S/C18H26N2O4/c1-22-15-9-14(10-16(23-2)18(15)24-3)12-19-20-17(21)11-13-7-5-4-6-8-13/h9-10,12-13H,4-8,11H2,1-3H3,(H,20,21). The van der Waals surface area contributed by atoms with Crippen LogP contribution in [-0.4, -0.2) is 33.5 Å². The van der Waals surface area contributed by atoms with Gasteiger partial charge in [-0.1, -0.05) is 19.3 Å². The summed E-state index contributed by atoms with van der Waals surface area (Å²) in [7, 11) is 4.67. The average Bonchev–Trinajstić information content (AvgIpc) is 2.61. The molecule has 0 radical (unpaired) electrons. The quantitative estimate of drug-likeness (QED) is 0.614. The highest BCUT2D eigenvalue weighted by molar-refractivity contribution is 5.84. The molecule has 6 nitrogen and oxygen atoms in total. The third-order valence-electron chi connectivity index (χ3n) is 4.29. The number of rotatable bonds is 7. The molecule has 0 saturated heterocycles. The topological polar surface area (TPSA) is 69.2 Å². The SMILES string of the molecule is COc1cc(C=NNC(=O)CC2CCCCC2)cc(OC)c1OC. The van der Waals surface area contributed by atoms with E-state index in [2.05, 4.69) is 10.5 Å². The lowest BCUT2D eigenvalue weighted by atomic mass is 9.87. The van der Waals surface area contributed by atoms with Crippen LogP contribution >= 0.6 is 0 Å². The number of hydrogen-bond donors (Lipinski definition) is 1. The van der Waals surface area contributed by atoms with Gasteiger partial charge in [0.25, 0.3) is 0 Å². The second-order valence-electron chi connectivity index (χ2n) is 5.96. The molecular weight excluding hydrogens is 308 g/mol. The molecule has 1 amide bonds. The Morgan fingerprint density at radius 1 is 1.12 bits per heavy atom. The van der Waals surface area contributed by atoms with E-state index in [-0.39, 0.29) is 5.91 Å². The molecule has 1 fully saturated rings. The molecule has 1 aliphatic carbocycles. The molecule has 1 aromatic rings. The number of hydrogen-bond acceptors (Lipinski definition) is 5. The summed E-state index contributed by atoms with van der Waals surface area (Å²) in [5, 5.41) is 4.04. The second-order valence-corrected chi connectivity index (χ2v) is 5.96. The Kier molecular flexibility index (Phi) is 6.90. The Bertz CT molecular complexity index is 555. The van der Waals surface area contributed by atoms with E-state index in [4.69, 9.17) is 14.2 Å². The fourth-order valence-corrected chi connectivity index (χ4v) is 3.05. The van der Waals surface area contributed by atoms with Crippen LogP contribution in [-0.2, 0) is 4.79 Å². The molecule has 2 rings (SSSR count). The van der Waals surface area contributed by atoms with Crippen molar-refractivity contribution in [1.29, 1.82) is 0 Å². The number of methoxy groups -OCH3 is 3. The lowest BCUT2D eigenvalue weighted by molar-refractivity contribution is -0.122. The Morgan fingerprint density at radius 2 is 1.75 bits per heavy atom. The van der Waals surface area contributed by atoms with Crippen molar-refractivity contribution in [3.63, 3.8) is 0 Å². The summed E-state index contributed by atoms with van der Waals surface area (Å²) in [5.41, 5.74) is 3.35. The number of nitrogens with one attached hydrogen (secondary N) is 1. The molecule has 24 heavy (non-hydrogen) atoms. The summed E-state index contributed by atoms with van der Waals surface area (Å²) >= 11 is 0. The van der Waals surface area contributed by atoms with E-state index in [0.717, 1.165) is 18.4 Å². The van der Waals surface area contributed by atoms with Gasteiger partial charge in [0.1, 0.15) is 0 Å². The van der Waals surface area contributed by atoms with Crippen molar-refractivity contribution in [2.75, 3.05) is 21.3 Å². The molecule has 6 heteroatoms. The fraction of sp³-hybridized carbons (Fsp3) is 0.556. The average molecular weight is 334 g/mol. The van der Waals surface area contributed by atoms with Gasteiger partial charge < -0.3 is 14.2 Å². The van der Waals surface area contributed by atoms with Crippen molar-refractivity contribution < 1.29 is 19.0 Å². The maximum atomic E-state index is 12.0. The Morgan fingerprint density at radius 3 is 2.29 bits per heavy atom. The van der Waals surface area contributed by atoms with Gasteiger partial charge in [0.15, 0.2) is 11.5 Å². The number of carbonyl (C=O) groups excluding carboxylic acids is 1. The monoisotopic (exact) mass is 334 g/mol. The molecular formula is C18H26N2O4. The van der Waals surface area contributed by atoms with Gasteiger partial charge in [-0.3, -0.25) is 4.79 Å². The number of amides is 1. The lowest BCUT2D eigenvalue weighted by Gasteiger charge is -2.20. The van der Waals surface area contributed by atoms with Crippen LogP contribution in [0.2, 0.25) is 0 Å². The zero-order valence-corrected chi connectivity index (χ0v) is 14.6. The highest BCUT2D eigenvalue weighted by Gasteiger charge is 2.16. The van der Waals surface area contributed by atoms with Crippen LogP contribution in [0.15, 0.2) is 17.2 Å². The second kappa shape index (κ2) is 9.15. The maximum Gasteiger partial charge on any atom is 0.240 e. The fourth-order valence-electron chi connectivity index (χ4n) is 3.05.